The molecular formula is C37H42N2O4S. The number of carbonyl (C=O) groups excluding carboxylic acids is 2. The monoisotopic (exact) mass is 610 g/mol. The first-order chi connectivity index (χ1) is 21.2. The predicted octanol–water partition coefficient (Wildman–Crippen LogP) is 8.07. The van der Waals surface area contributed by atoms with Gasteiger partial charge in [0.05, 0.1) is 23.5 Å². The molecule has 0 spiro atoms. The molecule has 4 rings (SSSR count). The number of rotatable bonds is 12. The number of alkyl carbamates (subject to hydrolysis) is 1. The number of aryl methyl sites for hydroxylation is 1. The summed E-state index contributed by atoms with van der Waals surface area (Å²) < 4.78 is 10.1. The lowest BCUT2D eigenvalue weighted by atomic mass is 9.84. The van der Waals surface area contributed by atoms with Gasteiger partial charge in [-0.2, -0.15) is 0 Å². The molecule has 0 heterocycles. The van der Waals surface area contributed by atoms with Crippen LogP contribution in [0.15, 0.2) is 109 Å². The number of methoxy groups -OCH3 is 1. The Bertz CT molecular complexity index is 1410. The van der Waals surface area contributed by atoms with Crippen molar-refractivity contribution in [3.05, 3.63) is 137 Å². The molecule has 0 aliphatic rings. The van der Waals surface area contributed by atoms with Crippen LogP contribution < -0.4 is 10.6 Å². The second kappa shape index (κ2) is 15.0. The number of esters is 1. The summed E-state index contributed by atoms with van der Waals surface area (Å²) in [7, 11) is 1.37. The number of nitrogens with one attached hydrogen (secondary N) is 2. The van der Waals surface area contributed by atoms with Crippen molar-refractivity contribution < 1.29 is 19.1 Å². The van der Waals surface area contributed by atoms with E-state index >= 15 is 0 Å². The highest BCUT2D eigenvalue weighted by Gasteiger charge is 2.38. The molecule has 0 aromatic heterocycles. The van der Waals surface area contributed by atoms with Gasteiger partial charge in [0.1, 0.15) is 5.60 Å². The third kappa shape index (κ3) is 8.23. The Kier molecular flexibility index (Phi) is 11.1. The highest BCUT2D eigenvalue weighted by molar-refractivity contribution is 8.00. The summed E-state index contributed by atoms with van der Waals surface area (Å²) in [6, 6.07) is 36.6. The molecule has 0 saturated carbocycles. The summed E-state index contributed by atoms with van der Waals surface area (Å²) in [4.78, 5) is 25.4. The van der Waals surface area contributed by atoms with E-state index in [1.54, 1.807) is 17.8 Å². The molecule has 0 radical (unpaired) electrons. The molecule has 0 fully saturated rings. The highest BCUT2D eigenvalue weighted by atomic mass is 32.2. The van der Waals surface area contributed by atoms with Gasteiger partial charge in [0, 0.05) is 18.0 Å². The quantitative estimate of drug-likeness (QED) is 0.125. The van der Waals surface area contributed by atoms with Crippen molar-refractivity contribution in [2.75, 3.05) is 24.7 Å². The van der Waals surface area contributed by atoms with E-state index in [0.29, 0.717) is 17.9 Å². The number of ether oxygens (including phenoxy) is 2. The van der Waals surface area contributed by atoms with Gasteiger partial charge in [0.15, 0.2) is 0 Å². The number of hydrogen-bond acceptors (Lipinski definition) is 6. The summed E-state index contributed by atoms with van der Waals surface area (Å²) >= 11 is 1.77. The number of thioether (sulfide) groups is 1. The van der Waals surface area contributed by atoms with Crippen molar-refractivity contribution in [3.8, 4) is 0 Å². The van der Waals surface area contributed by atoms with E-state index in [2.05, 4.69) is 90.4 Å². The lowest BCUT2D eigenvalue weighted by molar-refractivity contribution is 0.0511. The van der Waals surface area contributed by atoms with E-state index < -0.39 is 22.4 Å². The molecule has 1 amide bonds. The molecule has 7 heteroatoms. The summed E-state index contributed by atoms with van der Waals surface area (Å²) in [6.45, 7) is 8.04. The zero-order valence-corrected chi connectivity index (χ0v) is 26.9. The summed E-state index contributed by atoms with van der Waals surface area (Å²) in [5, 5.41) is 6.64. The fourth-order valence-corrected chi connectivity index (χ4v) is 6.71. The van der Waals surface area contributed by atoms with Gasteiger partial charge in [-0.05, 0) is 61.6 Å². The minimum atomic E-state index is -0.638. The first kappa shape index (κ1) is 32.7. The van der Waals surface area contributed by atoms with Crippen LogP contribution >= 0.6 is 11.8 Å². The first-order valence-corrected chi connectivity index (χ1v) is 15.9. The summed E-state index contributed by atoms with van der Waals surface area (Å²) in [5.74, 6) is 0.163. The molecule has 0 bridgehead atoms. The van der Waals surface area contributed by atoms with Gasteiger partial charge in [-0.3, -0.25) is 0 Å². The fourth-order valence-electron chi connectivity index (χ4n) is 5.15. The SMILES string of the molecule is CCc1ccc(C(=O)OC)cc1NC[C@H](CSC(c1ccccc1)(c1ccccc1)c1ccccc1)NC(=O)OC(C)(C)C. The van der Waals surface area contributed by atoms with Crippen LogP contribution in [0.5, 0.6) is 0 Å². The zero-order valence-electron chi connectivity index (χ0n) is 26.1. The molecular weight excluding hydrogens is 568 g/mol. The molecule has 0 saturated heterocycles. The number of benzene rings is 4. The Morgan fingerprint density at radius 2 is 1.32 bits per heavy atom. The van der Waals surface area contributed by atoms with Crippen LogP contribution in [0, 0.1) is 0 Å². The first-order valence-electron chi connectivity index (χ1n) is 14.9. The van der Waals surface area contributed by atoms with E-state index in [1.165, 1.54) is 7.11 Å². The van der Waals surface area contributed by atoms with Gasteiger partial charge in [-0.1, -0.05) is 104 Å². The smallest absolute Gasteiger partial charge is 0.407 e. The van der Waals surface area contributed by atoms with E-state index in [1.807, 2.05) is 51.1 Å². The van der Waals surface area contributed by atoms with Gasteiger partial charge in [0.25, 0.3) is 0 Å². The minimum Gasteiger partial charge on any atom is -0.465 e. The zero-order chi connectivity index (χ0) is 31.6. The normalized spacial score (nSPS) is 12.2. The van der Waals surface area contributed by atoms with Crippen LogP contribution in [-0.2, 0) is 20.6 Å². The van der Waals surface area contributed by atoms with Gasteiger partial charge < -0.3 is 20.1 Å². The van der Waals surface area contributed by atoms with Crippen molar-refractivity contribution >= 4 is 29.5 Å². The standard InChI is InChI=1S/C37H42N2O4S/c1-6-27-22-23-28(34(40)42-5)24-33(27)38-25-32(39-35(41)43-36(2,3)4)26-44-37(29-16-10-7-11-17-29,30-18-12-8-13-19-30)31-20-14-9-15-21-31/h7-24,32,38H,6,25-26H2,1-5H3,(H,39,41)/t32-/m1/s1. The van der Waals surface area contributed by atoms with Crippen LogP contribution in [0.1, 0.15) is 60.3 Å². The Morgan fingerprint density at radius 1 is 0.795 bits per heavy atom. The molecule has 4 aromatic carbocycles. The van der Waals surface area contributed by atoms with Gasteiger partial charge in [0.2, 0.25) is 0 Å². The van der Waals surface area contributed by atoms with E-state index in [4.69, 9.17) is 9.47 Å². The van der Waals surface area contributed by atoms with E-state index in [0.717, 1.165) is 34.4 Å². The largest absolute Gasteiger partial charge is 0.465 e. The number of amides is 1. The van der Waals surface area contributed by atoms with Crippen LogP contribution in [0.3, 0.4) is 0 Å². The molecule has 0 aliphatic heterocycles. The summed E-state index contributed by atoms with van der Waals surface area (Å²) in [6.07, 6.45) is 0.302. The third-order valence-electron chi connectivity index (χ3n) is 7.21. The topological polar surface area (TPSA) is 76.7 Å². The third-order valence-corrected chi connectivity index (χ3v) is 8.92. The van der Waals surface area contributed by atoms with E-state index in [9.17, 15) is 9.59 Å². The molecule has 0 unspecified atom stereocenters. The molecule has 44 heavy (non-hydrogen) atoms. The maximum atomic E-state index is 13.1. The lowest BCUT2D eigenvalue weighted by Crippen LogP contribution is -2.45. The van der Waals surface area contributed by atoms with Crippen LogP contribution in [0.4, 0.5) is 10.5 Å². The van der Waals surface area contributed by atoms with Crippen molar-refractivity contribution in [1.29, 1.82) is 0 Å². The average molecular weight is 611 g/mol. The Morgan fingerprint density at radius 3 is 1.77 bits per heavy atom. The number of anilines is 1. The predicted molar refractivity (Wildman–Crippen MR) is 180 cm³/mol. The van der Waals surface area contributed by atoms with Crippen molar-refractivity contribution in [1.82, 2.24) is 5.32 Å². The van der Waals surface area contributed by atoms with Crippen molar-refractivity contribution in [2.24, 2.45) is 0 Å². The minimum absolute atomic E-state index is 0.322. The molecule has 230 valence electrons. The highest BCUT2D eigenvalue weighted by Crippen LogP contribution is 2.48. The molecule has 1 atom stereocenters. The van der Waals surface area contributed by atoms with Crippen LogP contribution in [0.25, 0.3) is 0 Å². The van der Waals surface area contributed by atoms with Crippen LogP contribution in [0.2, 0.25) is 0 Å². The second-order valence-corrected chi connectivity index (χ2v) is 12.8. The molecule has 2 N–H and O–H groups in total. The van der Waals surface area contributed by atoms with E-state index in [-0.39, 0.29) is 6.04 Å². The van der Waals surface area contributed by atoms with Gasteiger partial charge in [-0.15, -0.1) is 11.8 Å². The van der Waals surface area contributed by atoms with Gasteiger partial charge in [-0.25, -0.2) is 9.59 Å². The molecule has 4 aromatic rings. The van der Waals surface area contributed by atoms with Gasteiger partial charge >= 0.3 is 12.1 Å². The second-order valence-electron chi connectivity index (χ2n) is 11.5. The average Bonchev–Trinajstić information content (AvgIpc) is 3.04. The molecule has 6 nitrogen and oxygen atoms in total. The lowest BCUT2D eigenvalue weighted by Gasteiger charge is -2.37. The number of carbonyl (C=O) groups is 2. The summed E-state index contributed by atoms with van der Waals surface area (Å²) in [5.41, 5.74) is 5.16. The maximum absolute atomic E-state index is 13.1. The fraction of sp³-hybridized carbons (Fsp3) is 0.297. The Labute approximate surface area is 265 Å². The Hall–Kier alpha value is -4.23. The molecule has 0 aliphatic carbocycles. The van der Waals surface area contributed by atoms with Crippen molar-refractivity contribution in [2.45, 2.75) is 50.5 Å². The van der Waals surface area contributed by atoms with Crippen molar-refractivity contribution in [3.63, 3.8) is 0 Å². The van der Waals surface area contributed by atoms with Crippen LogP contribution in [-0.4, -0.2) is 43.1 Å². The maximum Gasteiger partial charge on any atom is 0.407 e. The Balaban J connectivity index is 1.71. The number of hydrogen-bond donors (Lipinski definition) is 2.